The molecule has 0 bridgehead atoms. The molecule has 2 unspecified atom stereocenters. The van der Waals surface area contributed by atoms with Crippen molar-refractivity contribution in [2.24, 2.45) is 0 Å². The van der Waals surface area contributed by atoms with Gasteiger partial charge in [-0.3, -0.25) is 0 Å². The third-order valence-electron chi connectivity index (χ3n) is 1.44. The summed E-state index contributed by atoms with van der Waals surface area (Å²) in [7, 11) is 1.50. The van der Waals surface area contributed by atoms with Crippen molar-refractivity contribution >= 4 is 0 Å². The van der Waals surface area contributed by atoms with Crippen LogP contribution in [0.5, 0.6) is 0 Å². The van der Waals surface area contributed by atoms with Gasteiger partial charge in [0.15, 0.2) is 0 Å². The van der Waals surface area contributed by atoms with Crippen molar-refractivity contribution in [1.29, 1.82) is 0 Å². The van der Waals surface area contributed by atoms with Crippen molar-refractivity contribution < 1.29 is 14.7 Å². The fourth-order valence-corrected chi connectivity index (χ4v) is 0.916. The highest BCUT2D eigenvalue weighted by Gasteiger charge is 2.21. The largest absolute Gasteiger partial charge is 0.432 e. The summed E-state index contributed by atoms with van der Waals surface area (Å²) in [6.07, 6.45) is 1.93. The fourth-order valence-electron chi connectivity index (χ4n) is 0.916. The zero-order valence-corrected chi connectivity index (χ0v) is 5.52. The second-order valence-electron chi connectivity index (χ2n) is 2.07. The van der Waals surface area contributed by atoms with Crippen LogP contribution in [0.15, 0.2) is 0 Å². The van der Waals surface area contributed by atoms with E-state index in [1.807, 2.05) is 0 Å². The summed E-state index contributed by atoms with van der Waals surface area (Å²) >= 11 is 0. The normalized spacial score (nSPS) is 30.7. The van der Waals surface area contributed by atoms with Gasteiger partial charge in [-0.2, -0.15) is 0 Å². The first-order chi connectivity index (χ1) is 4.34. The van der Waals surface area contributed by atoms with E-state index in [9.17, 15) is 0 Å². The molecule has 0 radical (unpaired) electrons. The van der Waals surface area contributed by atoms with Gasteiger partial charge >= 0.3 is 0 Å². The minimum atomic E-state index is -0.0602. The summed E-state index contributed by atoms with van der Waals surface area (Å²) < 4.78 is 5.16. The summed E-state index contributed by atoms with van der Waals surface area (Å²) in [4.78, 5) is 4.69. The Bertz CT molecular complexity index is 83.0. The predicted octanol–water partition coefficient (Wildman–Crippen LogP) is -0.464. The number of quaternary nitrogens is 1. The Hall–Kier alpha value is -0.160. The lowest BCUT2D eigenvalue weighted by Crippen LogP contribution is -3.08. The monoisotopic (exact) mass is 132 g/mol. The van der Waals surface area contributed by atoms with Crippen molar-refractivity contribution in [2.75, 3.05) is 13.7 Å². The average Bonchev–Trinajstić information content (AvgIpc) is 2.37. The van der Waals surface area contributed by atoms with E-state index in [4.69, 9.17) is 15.4 Å². The second kappa shape index (κ2) is 3.12. The van der Waals surface area contributed by atoms with Gasteiger partial charge in [0, 0.05) is 6.42 Å². The molecule has 1 rings (SSSR count). The van der Waals surface area contributed by atoms with E-state index < -0.39 is 0 Å². The second-order valence-corrected chi connectivity index (χ2v) is 2.07. The van der Waals surface area contributed by atoms with Crippen LogP contribution in [0.1, 0.15) is 12.8 Å². The van der Waals surface area contributed by atoms with Crippen LogP contribution in [0.4, 0.5) is 0 Å². The van der Waals surface area contributed by atoms with Crippen LogP contribution in [0.25, 0.3) is 5.84 Å². The van der Waals surface area contributed by atoms with Crippen molar-refractivity contribution in [2.45, 2.75) is 19.1 Å². The molecule has 54 valence electrons. The van der Waals surface area contributed by atoms with Crippen LogP contribution in [0.3, 0.4) is 0 Å². The molecule has 0 amide bonds. The summed E-state index contributed by atoms with van der Waals surface area (Å²) in [6, 6.07) is 0. The van der Waals surface area contributed by atoms with E-state index in [1.54, 1.807) is 0 Å². The van der Waals surface area contributed by atoms with Crippen molar-refractivity contribution in [3.05, 3.63) is 5.84 Å². The Balaban J connectivity index is 2.24. The maximum absolute atomic E-state index is 7.19. The number of ether oxygens (including phenoxy) is 1. The lowest BCUT2D eigenvalue weighted by atomic mass is 10.3. The highest BCUT2D eigenvalue weighted by Crippen LogP contribution is 2.05. The van der Waals surface area contributed by atoms with Crippen LogP contribution in [-0.4, -0.2) is 19.9 Å². The molecule has 2 N–H and O–H groups in total. The molecular weight excluding hydrogens is 120 g/mol. The summed E-state index contributed by atoms with van der Waals surface area (Å²) in [5, 5.41) is 0.257. The smallest absolute Gasteiger partial charge is 0.212 e. The molecule has 1 saturated heterocycles. The third kappa shape index (κ3) is 1.62. The van der Waals surface area contributed by atoms with Crippen LogP contribution < -0.4 is 5.17 Å². The number of rotatable bonds is 2. The van der Waals surface area contributed by atoms with E-state index in [-0.39, 0.29) is 11.4 Å². The molecule has 0 aliphatic carbocycles. The van der Waals surface area contributed by atoms with Gasteiger partial charge in [-0.05, 0) is 6.42 Å². The molecule has 2 atom stereocenters. The molecule has 1 aliphatic rings. The van der Waals surface area contributed by atoms with Crippen LogP contribution in [0, 0.1) is 0 Å². The summed E-state index contributed by atoms with van der Waals surface area (Å²) in [5.41, 5.74) is 0. The zero-order chi connectivity index (χ0) is 6.69. The lowest BCUT2D eigenvalue weighted by Gasteiger charge is -2.22. The first-order valence-electron chi connectivity index (χ1n) is 3.08. The van der Waals surface area contributed by atoms with E-state index in [0.29, 0.717) is 0 Å². The Labute approximate surface area is 54.4 Å². The SMILES string of the molecule is CO[NH+]([NH-])C1CCCO1. The lowest BCUT2D eigenvalue weighted by molar-refractivity contribution is -1.08. The van der Waals surface area contributed by atoms with E-state index in [0.717, 1.165) is 19.4 Å². The first-order valence-corrected chi connectivity index (χ1v) is 3.08. The number of nitrogens with one attached hydrogen (secondary N) is 2. The number of hydrogen-bond donors (Lipinski definition) is 1. The molecule has 4 nitrogen and oxygen atoms in total. The molecule has 0 aromatic carbocycles. The van der Waals surface area contributed by atoms with Crippen LogP contribution in [0.2, 0.25) is 0 Å². The topological polar surface area (TPSA) is 46.7 Å². The van der Waals surface area contributed by atoms with Crippen LogP contribution in [-0.2, 0) is 9.57 Å². The number of hydrogen-bond acceptors (Lipinski definition) is 2. The van der Waals surface area contributed by atoms with Gasteiger partial charge in [0.1, 0.15) is 0 Å². The molecule has 0 saturated carbocycles. The molecule has 1 aliphatic heterocycles. The Morgan fingerprint density at radius 1 is 1.78 bits per heavy atom. The molecule has 1 fully saturated rings. The third-order valence-corrected chi connectivity index (χ3v) is 1.44. The highest BCUT2D eigenvalue weighted by molar-refractivity contribution is 4.50. The van der Waals surface area contributed by atoms with Gasteiger partial charge in [0.25, 0.3) is 0 Å². The zero-order valence-electron chi connectivity index (χ0n) is 5.52. The van der Waals surface area contributed by atoms with Gasteiger partial charge in [-0.25, -0.2) is 10.0 Å². The van der Waals surface area contributed by atoms with E-state index in [2.05, 4.69) is 0 Å². The molecule has 0 aromatic rings. The maximum atomic E-state index is 7.19. The maximum Gasteiger partial charge on any atom is 0.212 e. The Morgan fingerprint density at radius 2 is 2.56 bits per heavy atom. The summed E-state index contributed by atoms with van der Waals surface area (Å²) in [5.74, 6) is 7.19. The van der Waals surface area contributed by atoms with Crippen molar-refractivity contribution in [1.82, 2.24) is 0 Å². The molecule has 9 heavy (non-hydrogen) atoms. The summed E-state index contributed by atoms with van der Waals surface area (Å²) in [6.45, 7) is 0.774. The van der Waals surface area contributed by atoms with Crippen molar-refractivity contribution in [3.8, 4) is 0 Å². The van der Waals surface area contributed by atoms with Gasteiger partial charge in [0.05, 0.1) is 13.7 Å². The highest BCUT2D eigenvalue weighted by atomic mass is 16.7. The predicted molar refractivity (Wildman–Crippen MR) is 31.3 cm³/mol. The van der Waals surface area contributed by atoms with Gasteiger partial charge < -0.3 is 10.6 Å². The van der Waals surface area contributed by atoms with Crippen molar-refractivity contribution in [3.63, 3.8) is 0 Å². The van der Waals surface area contributed by atoms with E-state index >= 15 is 0 Å². The van der Waals surface area contributed by atoms with Gasteiger partial charge in [0.2, 0.25) is 6.23 Å². The standard InChI is InChI=1S/C5H12N2O2/c1-8-7(6)5-3-2-4-9-5/h5-7H,2-4H2,1H3. The quantitative estimate of drug-likeness (QED) is 0.517. The van der Waals surface area contributed by atoms with Crippen LogP contribution >= 0.6 is 0 Å². The molecule has 0 spiro atoms. The van der Waals surface area contributed by atoms with Gasteiger partial charge in [-0.15, -0.1) is 0 Å². The molecular formula is C5H12N2O2. The van der Waals surface area contributed by atoms with E-state index in [1.165, 1.54) is 7.11 Å². The molecule has 0 aromatic heterocycles. The molecule has 1 heterocycles. The minimum absolute atomic E-state index is 0.0602. The first kappa shape index (κ1) is 6.95. The Kier molecular flexibility index (Phi) is 2.41. The minimum Gasteiger partial charge on any atom is -0.432 e. The Morgan fingerprint density at radius 3 is 3.00 bits per heavy atom. The van der Waals surface area contributed by atoms with Gasteiger partial charge in [-0.1, -0.05) is 0 Å². The fraction of sp³-hybridized carbons (Fsp3) is 1.00. The number of hydroxylamine groups is 1. The average molecular weight is 132 g/mol. The molecule has 4 heteroatoms.